The molecule has 5 heteroatoms. The van der Waals surface area contributed by atoms with E-state index in [1.807, 2.05) is 6.07 Å². The van der Waals surface area contributed by atoms with Crippen molar-refractivity contribution >= 4 is 5.91 Å². The molecular formula is C19H30N2O3. The molecule has 0 radical (unpaired) electrons. The minimum Gasteiger partial charge on any atom is -0.494 e. The van der Waals surface area contributed by atoms with E-state index in [9.17, 15) is 4.79 Å². The van der Waals surface area contributed by atoms with Crippen molar-refractivity contribution in [2.45, 2.75) is 38.6 Å². The molecule has 1 aromatic carbocycles. The van der Waals surface area contributed by atoms with E-state index in [1.165, 1.54) is 38.6 Å². The number of hydrogen-bond donors (Lipinski definition) is 1. The smallest absolute Gasteiger partial charge is 0.245 e. The molecule has 1 unspecified atom stereocenters. The third kappa shape index (κ3) is 5.80. The fourth-order valence-corrected chi connectivity index (χ4v) is 3.24. The van der Waals surface area contributed by atoms with E-state index in [2.05, 4.69) is 35.3 Å². The van der Waals surface area contributed by atoms with Gasteiger partial charge in [0.2, 0.25) is 5.91 Å². The van der Waals surface area contributed by atoms with Crippen LogP contribution in [0.15, 0.2) is 24.3 Å². The highest BCUT2D eigenvalue weighted by Crippen LogP contribution is 2.29. The SMILES string of the molecule is CCC(c1cccc(OCCCNC(=O)COC)c1)N1CCCC1. The number of likely N-dealkylation sites (tertiary alicyclic amines) is 1. The normalized spacial score (nSPS) is 16.1. The second kappa shape index (κ2) is 10.3. The largest absolute Gasteiger partial charge is 0.494 e. The quantitative estimate of drug-likeness (QED) is 0.669. The fraction of sp³-hybridized carbons (Fsp3) is 0.632. The van der Waals surface area contributed by atoms with Crippen LogP contribution >= 0.6 is 0 Å². The Balaban J connectivity index is 1.78. The summed E-state index contributed by atoms with van der Waals surface area (Å²) in [6.07, 6.45) is 4.51. The molecule has 1 N–H and O–H groups in total. The van der Waals surface area contributed by atoms with Crippen LogP contribution in [0.3, 0.4) is 0 Å². The van der Waals surface area contributed by atoms with Crippen molar-refractivity contribution in [1.29, 1.82) is 0 Å². The van der Waals surface area contributed by atoms with Crippen LogP contribution in [0.5, 0.6) is 5.75 Å². The van der Waals surface area contributed by atoms with E-state index in [0.29, 0.717) is 19.2 Å². The highest BCUT2D eigenvalue weighted by atomic mass is 16.5. The molecule has 1 atom stereocenters. The molecule has 2 rings (SSSR count). The second-order valence-electron chi connectivity index (χ2n) is 6.22. The molecule has 24 heavy (non-hydrogen) atoms. The Morgan fingerprint density at radius 1 is 1.33 bits per heavy atom. The van der Waals surface area contributed by atoms with E-state index < -0.39 is 0 Å². The zero-order valence-electron chi connectivity index (χ0n) is 14.9. The summed E-state index contributed by atoms with van der Waals surface area (Å²) >= 11 is 0. The topological polar surface area (TPSA) is 50.8 Å². The van der Waals surface area contributed by atoms with Crippen molar-refractivity contribution in [3.8, 4) is 5.75 Å². The standard InChI is InChI=1S/C19H30N2O3/c1-3-18(21-11-4-5-12-21)16-8-6-9-17(14-16)24-13-7-10-20-19(22)15-23-2/h6,8-9,14,18H,3-5,7,10-13,15H2,1-2H3,(H,20,22). The number of hydrogen-bond acceptors (Lipinski definition) is 4. The zero-order valence-corrected chi connectivity index (χ0v) is 14.9. The van der Waals surface area contributed by atoms with E-state index in [0.717, 1.165) is 18.6 Å². The number of ether oxygens (including phenoxy) is 2. The maximum atomic E-state index is 11.3. The predicted molar refractivity (Wildman–Crippen MR) is 95.3 cm³/mol. The summed E-state index contributed by atoms with van der Waals surface area (Å²) in [5.74, 6) is 0.823. The Kier molecular flexibility index (Phi) is 8.05. The summed E-state index contributed by atoms with van der Waals surface area (Å²) in [7, 11) is 1.52. The molecular weight excluding hydrogens is 304 g/mol. The minimum atomic E-state index is -0.0871. The lowest BCUT2D eigenvalue weighted by molar-refractivity contribution is -0.124. The molecule has 0 aromatic heterocycles. The van der Waals surface area contributed by atoms with Crippen LogP contribution in [0.4, 0.5) is 0 Å². The summed E-state index contributed by atoms with van der Waals surface area (Å²) in [5, 5.41) is 2.80. The molecule has 1 fully saturated rings. The third-order valence-corrected chi connectivity index (χ3v) is 4.40. The fourth-order valence-electron chi connectivity index (χ4n) is 3.24. The average Bonchev–Trinajstić information content (AvgIpc) is 3.10. The van der Waals surface area contributed by atoms with Gasteiger partial charge in [0, 0.05) is 19.7 Å². The number of carbonyl (C=O) groups excluding carboxylic acids is 1. The molecule has 0 spiro atoms. The van der Waals surface area contributed by atoms with Gasteiger partial charge in [0.25, 0.3) is 0 Å². The number of rotatable bonds is 10. The molecule has 1 aromatic rings. The van der Waals surface area contributed by atoms with Crippen molar-refractivity contribution in [2.75, 3.05) is 40.0 Å². The van der Waals surface area contributed by atoms with Crippen LogP contribution in [-0.2, 0) is 9.53 Å². The van der Waals surface area contributed by atoms with E-state index >= 15 is 0 Å². The molecule has 1 heterocycles. The number of amides is 1. The van der Waals surface area contributed by atoms with E-state index in [1.54, 1.807) is 0 Å². The van der Waals surface area contributed by atoms with Crippen LogP contribution in [0.1, 0.15) is 44.2 Å². The van der Waals surface area contributed by atoms with Crippen molar-refractivity contribution in [1.82, 2.24) is 10.2 Å². The second-order valence-corrected chi connectivity index (χ2v) is 6.22. The molecule has 134 valence electrons. The lowest BCUT2D eigenvalue weighted by Crippen LogP contribution is -2.28. The predicted octanol–water partition coefficient (Wildman–Crippen LogP) is 2.77. The van der Waals surface area contributed by atoms with Gasteiger partial charge in [0.15, 0.2) is 0 Å². The first-order chi connectivity index (χ1) is 11.7. The van der Waals surface area contributed by atoms with Crippen LogP contribution < -0.4 is 10.1 Å². The summed E-state index contributed by atoms with van der Waals surface area (Å²) in [5.41, 5.74) is 1.34. The van der Waals surface area contributed by atoms with Crippen molar-refractivity contribution < 1.29 is 14.3 Å². The first-order valence-corrected chi connectivity index (χ1v) is 8.97. The van der Waals surface area contributed by atoms with Gasteiger partial charge < -0.3 is 14.8 Å². The monoisotopic (exact) mass is 334 g/mol. The van der Waals surface area contributed by atoms with Crippen molar-refractivity contribution in [3.05, 3.63) is 29.8 Å². The van der Waals surface area contributed by atoms with Crippen molar-refractivity contribution in [2.24, 2.45) is 0 Å². The first-order valence-electron chi connectivity index (χ1n) is 8.97. The Labute approximate surface area is 145 Å². The highest BCUT2D eigenvalue weighted by Gasteiger charge is 2.22. The zero-order chi connectivity index (χ0) is 17.2. The third-order valence-electron chi connectivity index (χ3n) is 4.40. The summed E-state index contributed by atoms with van der Waals surface area (Å²) in [6.45, 7) is 5.96. The van der Waals surface area contributed by atoms with Crippen LogP contribution in [-0.4, -0.2) is 50.8 Å². The number of methoxy groups -OCH3 is 1. The molecule has 0 aliphatic carbocycles. The Morgan fingerprint density at radius 3 is 2.83 bits per heavy atom. The molecule has 1 aliphatic heterocycles. The highest BCUT2D eigenvalue weighted by molar-refractivity contribution is 5.77. The average molecular weight is 334 g/mol. The molecule has 1 saturated heterocycles. The number of nitrogens with one attached hydrogen (secondary N) is 1. The molecule has 0 saturated carbocycles. The van der Waals surface area contributed by atoms with Crippen LogP contribution in [0.25, 0.3) is 0 Å². The van der Waals surface area contributed by atoms with Gasteiger partial charge in [-0.15, -0.1) is 0 Å². The molecule has 1 amide bonds. The van der Waals surface area contributed by atoms with Gasteiger partial charge in [0.05, 0.1) is 6.61 Å². The maximum Gasteiger partial charge on any atom is 0.245 e. The summed E-state index contributed by atoms with van der Waals surface area (Å²) in [6, 6.07) is 8.93. The van der Waals surface area contributed by atoms with Gasteiger partial charge in [-0.1, -0.05) is 19.1 Å². The van der Waals surface area contributed by atoms with Gasteiger partial charge in [-0.2, -0.15) is 0 Å². The molecule has 0 bridgehead atoms. The van der Waals surface area contributed by atoms with E-state index in [-0.39, 0.29) is 12.5 Å². The number of nitrogens with zero attached hydrogens (tertiary/aromatic N) is 1. The Morgan fingerprint density at radius 2 is 2.12 bits per heavy atom. The first kappa shape index (κ1) is 18.7. The van der Waals surface area contributed by atoms with Crippen molar-refractivity contribution in [3.63, 3.8) is 0 Å². The van der Waals surface area contributed by atoms with Gasteiger partial charge in [-0.3, -0.25) is 9.69 Å². The minimum absolute atomic E-state index is 0.0871. The molecule has 5 nitrogen and oxygen atoms in total. The van der Waals surface area contributed by atoms with E-state index in [4.69, 9.17) is 9.47 Å². The summed E-state index contributed by atoms with van der Waals surface area (Å²) in [4.78, 5) is 13.8. The number of carbonyl (C=O) groups is 1. The van der Waals surface area contributed by atoms with Crippen LogP contribution in [0.2, 0.25) is 0 Å². The van der Waals surface area contributed by atoms with Gasteiger partial charge >= 0.3 is 0 Å². The van der Waals surface area contributed by atoms with Gasteiger partial charge in [-0.05, 0) is 56.5 Å². The Bertz CT molecular complexity index is 501. The van der Waals surface area contributed by atoms with Gasteiger partial charge in [-0.25, -0.2) is 0 Å². The lowest BCUT2D eigenvalue weighted by atomic mass is 10.0. The Hall–Kier alpha value is -1.59. The summed E-state index contributed by atoms with van der Waals surface area (Å²) < 4.78 is 10.6. The maximum absolute atomic E-state index is 11.3. The van der Waals surface area contributed by atoms with Crippen LogP contribution in [0, 0.1) is 0 Å². The molecule has 1 aliphatic rings. The van der Waals surface area contributed by atoms with Gasteiger partial charge in [0.1, 0.15) is 12.4 Å². The number of benzene rings is 1. The lowest BCUT2D eigenvalue weighted by Gasteiger charge is -2.27.